The number of nitro groups is 1. The molecule has 2 unspecified atom stereocenters. The van der Waals surface area contributed by atoms with Gasteiger partial charge in [-0.1, -0.05) is 12.1 Å². The number of non-ortho nitro benzene ring substituents is 1. The maximum Gasteiger partial charge on any atom is 0.323 e. The van der Waals surface area contributed by atoms with Crippen LogP contribution >= 0.6 is 0 Å². The number of hydrogen-bond donors (Lipinski definition) is 2. The number of rotatable bonds is 8. The number of benzene rings is 1. The van der Waals surface area contributed by atoms with Gasteiger partial charge in [0.25, 0.3) is 5.69 Å². The molecule has 0 aliphatic rings. The molecule has 2 N–H and O–H groups in total. The average Bonchev–Trinajstić information content (AvgIpc) is 2.47. The van der Waals surface area contributed by atoms with Gasteiger partial charge in [0.15, 0.2) is 0 Å². The second-order valence-corrected chi connectivity index (χ2v) is 4.66. The van der Waals surface area contributed by atoms with E-state index >= 15 is 0 Å². The molecule has 0 spiro atoms. The van der Waals surface area contributed by atoms with Crippen molar-refractivity contribution in [3.63, 3.8) is 0 Å². The van der Waals surface area contributed by atoms with Crippen molar-refractivity contribution >= 4 is 17.6 Å². The number of ether oxygens (including phenoxy) is 1. The lowest BCUT2D eigenvalue weighted by Crippen LogP contribution is -2.47. The number of nitro benzene ring substituents is 1. The Labute approximate surface area is 127 Å². The number of carboxylic acids is 1. The molecule has 0 aromatic heterocycles. The van der Waals surface area contributed by atoms with Crippen LogP contribution in [0.4, 0.5) is 5.69 Å². The van der Waals surface area contributed by atoms with Crippen LogP contribution in [0.15, 0.2) is 24.3 Å². The zero-order valence-corrected chi connectivity index (χ0v) is 12.3. The van der Waals surface area contributed by atoms with Gasteiger partial charge in [0.2, 0.25) is 0 Å². The minimum Gasteiger partial charge on any atom is -0.480 e. The van der Waals surface area contributed by atoms with Crippen molar-refractivity contribution in [1.82, 2.24) is 5.32 Å². The first-order valence-corrected chi connectivity index (χ1v) is 6.74. The van der Waals surface area contributed by atoms with Gasteiger partial charge in [-0.05, 0) is 25.8 Å². The fourth-order valence-corrected chi connectivity index (χ4v) is 1.82. The molecule has 22 heavy (non-hydrogen) atoms. The maximum absolute atomic E-state index is 11.9. The molecule has 0 fully saturated rings. The van der Waals surface area contributed by atoms with Gasteiger partial charge in [0, 0.05) is 12.1 Å². The Morgan fingerprint density at radius 3 is 2.41 bits per heavy atom. The molecule has 0 amide bonds. The molecule has 120 valence electrons. The SMILES string of the molecule is CCOC(=O)C(Cc1ccc([N+](=O)[O-])cc1)NC(C)C(=O)O. The van der Waals surface area contributed by atoms with E-state index in [-0.39, 0.29) is 18.7 Å². The number of nitrogens with zero attached hydrogens (tertiary/aromatic N) is 1. The molecule has 0 radical (unpaired) electrons. The molecule has 8 heteroatoms. The second kappa shape index (κ2) is 8.08. The Bertz CT molecular complexity index is 543. The molecule has 1 aromatic carbocycles. The van der Waals surface area contributed by atoms with E-state index in [0.717, 1.165) is 0 Å². The Kier molecular flexibility index (Phi) is 6.46. The third-order valence-corrected chi connectivity index (χ3v) is 2.98. The minimum absolute atomic E-state index is 0.0525. The Morgan fingerprint density at radius 2 is 1.95 bits per heavy atom. The van der Waals surface area contributed by atoms with Crippen LogP contribution in [0.5, 0.6) is 0 Å². The molecule has 2 atom stereocenters. The van der Waals surface area contributed by atoms with Crippen molar-refractivity contribution in [1.29, 1.82) is 0 Å². The van der Waals surface area contributed by atoms with Gasteiger partial charge < -0.3 is 9.84 Å². The third-order valence-electron chi connectivity index (χ3n) is 2.98. The van der Waals surface area contributed by atoms with E-state index in [1.807, 2.05) is 0 Å². The zero-order valence-electron chi connectivity index (χ0n) is 12.3. The first kappa shape index (κ1) is 17.6. The highest BCUT2D eigenvalue weighted by molar-refractivity contribution is 5.78. The normalized spacial score (nSPS) is 13.2. The summed E-state index contributed by atoms with van der Waals surface area (Å²) in [5.41, 5.74) is 0.608. The number of aliphatic carboxylic acids is 1. The number of esters is 1. The molecule has 1 aromatic rings. The molecule has 0 bridgehead atoms. The summed E-state index contributed by atoms with van der Waals surface area (Å²) in [6.07, 6.45) is 0.175. The summed E-state index contributed by atoms with van der Waals surface area (Å²) in [5.74, 6) is -1.65. The van der Waals surface area contributed by atoms with Crippen molar-refractivity contribution in [2.24, 2.45) is 0 Å². The molecule has 8 nitrogen and oxygen atoms in total. The van der Waals surface area contributed by atoms with E-state index in [1.54, 1.807) is 6.92 Å². The standard InChI is InChI=1S/C14H18N2O6/c1-3-22-14(19)12(15-9(2)13(17)18)8-10-4-6-11(7-5-10)16(20)21/h4-7,9,12,15H,3,8H2,1-2H3,(H,17,18). The van der Waals surface area contributed by atoms with Gasteiger partial charge in [-0.3, -0.25) is 25.0 Å². The molecule has 0 aliphatic carbocycles. The first-order valence-electron chi connectivity index (χ1n) is 6.74. The summed E-state index contributed by atoms with van der Waals surface area (Å²) >= 11 is 0. The van der Waals surface area contributed by atoms with Crippen molar-refractivity contribution in [2.75, 3.05) is 6.61 Å². The maximum atomic E-state index is 11.9. The molecule has 0 saturated carbocycles. The lowest BCUT2D eigenvalue weighted by atomic mass is 10.0. The highest BCUT2D eigenvalue weighted by Gasteiger charge is 2.24. The number of carboxylic acid groups (broad SMARTS) is 1. The van der Waals surface area contributed by atoms with Crippen LogP contribution in [0.2, 0.25) is 0 Å². The summed E-state index contributed by atoms with van der Waals surface area (Å²) in [5, 5.41) is 22.2. The summed E-state index contributed by atoms with van der Waals surface area (Å²) in [7, 11) is 0. The molecule has 0 heterocycles. The van der Waals surface area contributed by atoms with Gasteiger partial charge in [-0.2, -0.15) is 0 Å². The van der Waals surface area contributed by atoms with Gasteiger partial charge in [0.05, 0.1) is 11.5 Å². The fourth-order valence-electron chi connectivity index (χ4n) is 1.82. The van der Waals surface area contributed by atoms with Crippen molar-refractivity contribution in [3.05, 3.63) is 39.9 Å². The third kappa shape index (κ3) is 5.13. The molecule has 0 aliphatic heterocycles. The van der Waals surface area contributed by atoms with E-state index in [9.17, 15) is 19.7 Å². The predicted octanol–water partition coefficient (Wildman–Crippen LogP) is 1.13. The highest BCUT2D eigenvalue weighted by Crippen LogP contribution is 2.14. The number of carbonyl (C=O) groups excluding carboxylic acids is 1. The molecular formula is C14H18N2O6. The van der Waals surface area contributed by atoms with Crippen molar-refractivity contribution < 1.29 is 24.4 Å². The number of hydrogen-bond acceptors (Lipinski definition) is 6. The summed E-state index contributed by atoms with van der Waals surface area (Å²) in [6, 6.07) is 3.95. The van der Waals surface area contributed by atoms with Crippen molar-refractivity contribution in [3.8, 4) is 0 Å². The lowest BCUT2D eigenvalue weighted by Gasteiger charge is -2.19. The lowest BCUT2D eigenvalue weighted by molar-refractivity contribution is -0.384. The van der Waals surface area contributed by atoms with Crippen LogP contribution in [0.25, 0.3) is 0 Å². The van der Waals surface area contributed by atoms with E-state index < -0.39 is 28.9 Å². The highest BCUT2D eigenvalue weighted by atomic mass is 16.6. The van der Waals surface area contributed by atoms with Crippen LogP contribution in [0.1, 0.15) is 19.4 Å². The topological polar surface area (TPSA) is 119 Å². The fraction of sp³-hybridized carbons (Fsp3) is 0.429. The number of nitrogens with one attached hydrogen (secondary N) is 1. The van der Waals surface area contributed by atoms with Crippen LogP contribution in [-0.2, 0) is 20.7 Å². The largest absolute Gasteiger partial charge is 0.480 e. The van der Waals surface area contributed by atoms with E-state index in [1.165, 1.54) is 31.2 Å². The van der Waals surface area contributed by atoms with Crippen molar-refractivity contribution in [2.45, 2.75) is 32.4 Å². The molecule has 1 rings (SSSR count). The number of carbonyl (C=O) groups is 2. The Balaban J connectivity index is 2.84. The second-order valence-electron chi connectivity index (χ2n) is 4.66. The Hall–Kier alpha value is -2.48. The van der Waals surface area contributed by atoms with Gasteiger partial charge in [-0.25, -0.2) is 0 Å². The first-order chi connectivity index (χ1) is 10.3. The monoisotopic (exact) mass is 310 g/mol. The molecular weight excluding hydrogens is 292 g/mol. The van der Waals surface area contributed by atoms with E-state index in [4.69, 9.17) is 9.84 Å². The quantitative estimate of drug-likeness (QED) is 0.419. The van der Waals surface area contributed by atoms with Gasteiger partial charge in [0.1, 0.15) is 12.1 Å². The van der Waals surface area contributed by atoms with Gasteiger partial charge >= 0.3 is 11.9 Å². The smallest absolute Gasteiger partial charge is 0.323 e. The van der Waals surface area contributed by atoms with E-state index in [0.29, 0.717) is 5.56 Å². The van der Waals surface area contributed by atoms with Crippen LogP contribution < -0.4 is 5.32 Å². The van der Waals surface area contributed by atoms with Crippen LogP contribution in [-0.4, -0.2) is 40.7 Å². The summed E-state index contributed by atoms with van der Waals surface area (Å²) in [6.45, 7) is 3.25. The predicted molar refractivity (Wildman–Crippen MR) is 77.5 cm³/mol. The molecule has 0 saturated heterocycles. The zero-order chi connectivity index (χ0) is 16.7. The summed E-state index contributed by atoms with van der Waals surface area (Å²) < 4.78 is 4.92. The van der Waals surface area contributed by atoms with Crippen LogP contribution in [0, 0.1) is 10.1 Å². The van der Waals surface area contributed by atoms with Gasteiger partial charge in [-0.15, -0.1) is 0 Å². The average molecular weight is 310 g/mol. The summed E-state index contributed by atoms with van der Waals surface area (Å²) in [4.78, 5) is 32.9. The minimum atomic E-state index is -1.09. The Morgan fingerprint density at radius 1 is 1.36 bits per heavy atom. The van der Waals surface area contributed by atoms with Crippen LogP contribution in [0.3, 0.4) is 0 Å². The van der Waals surface area contributed by atoms with E-state index in [2.05, 4.69) is 5.32 Å².